The van der Waals surface area contributed by atoms with E-state index in [1.54, 1.807) is 19.1 Å². The van der Waals surface area contributed by atoms with Gasteiger partial charge < -0.3 is 10.8 Å². The van der Waals surface area contributed by atoms with E-state index >= 15 is 0 Å². The quantitative estimate of drug-likeness (QED) is 0.851. The summed E-state index contributed by atoms with van der Waals surface area (Å²) in [5.41, 5.74) is 6.42. The van der Waals surface area contributed by atoms with Crippen molar-refractivity contribution in [3.05, 3.63) is 29.8 Å². The molecule has 0 fully saturated rings. The summed E-state index contributed by atoms with van der Waals surface area (Å²) in [6.07, 6.45) is 0.491. The second-order valence-electron chi connectivity index (χ2n) is 3.61. The van der Waals surface area contributed by atoms with Gasteiger partial charge in [-0.25, -0.2) is 8.42 Å². The molecule has 0 spiro atoms. The summed E-state index contributed by atoms with van der Waals surface area (Å²) in [4.78, 5) is 0.254. The van der Waals surface area contributed by atoms with E-state index in [0.717, 1.165) is 11.8 Å². The fourth-order valence-corrected chi connectivity index (χ4v) is 1.85. The van der Waals surface area contributed by atoms with Crippen LogP contribution in [0.5, 0.6) is 0 Å². The Hall–Kier alpha value is -0.620. The van der Waals surface area contributed by atoms with Gasteiger partial charge in [-0.15, -0.1) is 12.4 Å². The van der Waals surface area contributed by atoms with Gasteiger partial charge in [-0.05, 0) is 24.6 Å². The lowest BCUT2D eigenvalue weighted by Gasteiger charge is -2.15. The van der Waals surface area contributed by atoms with E-state index < -0.39 is 22.0 Å². The van der Waals surface area contributed by atoms with Gasteiger partial charge in [0.1, 0.15) is 0 Å². The maximum Gasteiger partial charge on any atom is 0.175 e. The average molecular weight is 266 g/mol. The van der Waals surface area contributed by atoms with Crippen molar-refractivity contribution in [3.8, 4) is 0 Å². The van der Waals surface area contributed by atoms with Crippen LogP contribution in [0.25, 0.3) is 0 Å². The van der Waals surface area contributed by atoms with Crippen LogP contribution in [0, 0.1) is 0 Å². The summed E-state index contributed by atoms with van der Waals surface area (Å²) in [5.74, 6) is 0. The maximum atomic E-state index is 11.2. The minimum absolute atomic E-state index is 0. The van der Waals surface area contributed by atoms with Gasteiger partial charge in [0.05, 0.1) is 17.0 Å². The van der Waals surface area contributed by atoms with Crippen LogP contribution in [-0.4, -0.2) is 25.9 Å². The molecule has 0 saturated heterocycles. The molecule has 1 rings (SSSR count). The van der Waals surface area contributed by atoms with Gasteiger partial charge in [-0.2, -0.15) is 0 Å². The first-order chi connectivity index (χ1) is 6.82. The predicted molar refractivity (Wildman–Crippen MR) is 65.4 cm³/mol. The lowest BCUT2D eigenvalue weighted by molar-refractivity contribution is 0.164. The van der Waals surface area contributed by atoms with Crippen LogP contribution in [0.1, 0.15) is 18.5 Å². The van der Waals surface area contributed by atoms with Gasteiger partial charge in [0.25, 0.3) is 0 Å². The van der Waals surface area contributed by atoms with Crippen LogP contribution >= 0.6 is 12.4 Å². The molecule has 0 amide bonds. The summed E-state index contributed by atoms with van der Waals surface area (Å²) in [6, 6.07) is 5.74. The fourth-order valence-electron chi connectivity index (χ4n) is 1.22. The topological polar surface area (TPSA) is 80.4 Å². The minimum atomic E-state index is -3.17. The Morgan fingerprint density at radius 2 is 1.69 bits per heavy atom. The molecule has 16 heavy (non-hydrogen) atoms. The molecule has 0 aliphatic heterocycles. The van der Waals surface area contributed by atoms with E-state index in [9.17, 15) is 13.5 Å². The SMILES string of the molecule is C[C@H](O)[C@H](N)c1ccc(S(C)(=O)=O)cc1.Cl. The Morgan fingerprint density at radius 3 is 2.00 bits per heavy atom. The van der Waals surface area contributed by atoms with Crippen molar-refractivity contribution in [2.24, 2.45) is 5.73 Å². The zero-order chi connectivity index (χ0) is 11.6. The number of rotatable bonds is 3. The Morgan fingerprint density at radius 1 is 1.25 bits per heavy atom. The zero-order valence-corrected chi connectivity index (χ0v) is 10.8. The molecule has 0 aromatic heterocycles. The summed E-state index contributed by atoms with van der Waals surface area (Å²) in [7, 11) is -3.17. The number of aliphatic hydroxyl groups is 1. The molecule has 92 valence electrons. The van der Waals surface area contributed by atoms with Crippen molar-refractivity contribution in [2.75, 3.05) is 6.26 Å². The molecule has 6 heteroatoms. The molecular weight excluding hydrogens is 250 g/mol. The first-order valence-corrected chi connectivity index (χ1v) is 6.45. The highest BCUT2D eigenvalue weighted by molar-refractivity contribution is 7.90. The first kappa shape index (κ1) is 15.4. The number of halogens is 1. The second kappa shape index (κ2) is 5.63. The highest BCUT2D eigenvalue weighted by atomic mass is 35.5. The third-order valence-electron chi connectivity index (χ3n) is 2.21. The monoisotopic (exact) mass is 265 g/mol. The van der Waals surface area contributed by atoms with E-state index in [-0.39, 0.29) is 17.3 Å². The van der Waals surface area contributed by atoms with Crippen molar-refractivity contribution < 1.29 is 13.5 Å². The molecule has 0 heterocycles. The molecule has 0 unspecified atom stereocenters. The molecule has 1 aromatic carbocycles. The predicted octanol–water partition coefficient (Wildman–Crippen LogP) is 0.893. The lowest BCUT2D eigenvalue weighted by atomic mass is 10.0. The zero-order valence-electron chi connectivity index (χ0n) is 9.12. The molecular formula is C10H16ClNO3S. The number of hydrogen-bond donors (Lipinski definition) is 2. The Balaban J connectivity index is 0.00000225. The minimum Gasteiger partial charge on any atom is -0.391 e. The van der Waals surface area contributed by atoms with Gasteiger partial charge in [0, 0.05) is 6.26 Å². The van der Waals surface area contributed by atoms with Crippen LogP contribution in [0.15, 0.2) is 29.2 Å². The second-order valence-corrected chi connectivity index (χ2v) is 5.62. The summed E-state index contributed by atoms with van der Waals surface area (Å²) in [6.45, 7) is 1.59. The number of hydrogen-bond acceptors (Lipinski definition) is 4. The first-order valence-electron chi connectivity index (χ1n) is 4.56. The van der Waals surface area contributed by atoms with Crippen molar-refractivity contribution in [3.63, 3.8) is 0 Å². The Kier molecular flexibility index (Phi) is 5.41. The van der Waals surface area contributed by atoms with Gasteiger partial charge in [0.15, 0.2) is 9.84 Å². The normalized spacial score (nSPS) is 15.0. The number of aliphatic hydroxyl groups excluding tert-OH is 1. The lowest BCUT2D eigenvalue weighted by Crippen LogP contribution is -2.23. The molecule has 0 aliphatic carbocycles. The van der Waals surface area contributed by atoms with Crippen LogP contribution in [0.3, 0.4) is 0 Å². The number of benzene rings is 1. The van der Waals surface area contributed by atoms with Crippen molar-refractivity contribution in [1.29, 1.82) is 0 Å². The molecule has 4 nitrogen and oxygen atoms in total. The summed E-state index contributed by atoms with van der Waals surface area (Å²) >= 11 is 0. The highest BCUT2D eigenvalue weighted by Crippen LogP contribution is 2.17. The Labute approximate surface area is 102 Å². The van der Waals surface area contributed by atoms with Crippen LogP contribution in [0.2, 0.25) is 0 Å². The molecule has 0 aliphatic rings. The summed E-state index contributed by atoms with van der Waals surface area (Å²) in [5, 5.41) is 9.26. The molecule has 2 atom stereocenters. The van der Waals surface area contributed by atoms with E-state index in [1.807, 2.05) is 0 Å². The molecule has 0 saturated carbocycles. The number of sulfone groups is 1. The molecule has 1 aromatic rings. The van der Waals surface area contributed by atoms with Gasteiger partial charge >= 0.3 is 0 Å². The van der Waals surface area contributed by atoms with Crippen LogP contribution in [0.4, 0.5) is 0 Å². The van der Waals surface area contributed by atoms with Crippen molar-refractivity contribution in [2.45, 2.75) is 24.0 Å². The van der Waals surface area contributed by atoms with E-state index in [1.165, 1.54) is 12.1 Å². The largest absolute Gasteiger partial charge is 0.391 e. The van der Waals surface area contributed by atoms with Gasteiger partial charge in [-0.3, -0.25) is 0 Å². The van der Waals surface area contributed by atoms with Crippen LogP contribution < -0.4 is 5.73 Å². The third kappa shape index (κ3) is 3.75. The van der Waals surface area contributed by atoms with Gasteiger partial charge in [-0.1, -0.05) is 12.1 Å². The maximum absolute atomic E-state index is 11.2. The van der Waals surface area contributed by atoms with Crippen molar-refractivity contribution in [1.82, 2.24) is 0 Å². The molecule has 0 bridgehead atoms. The van der Waals surface area contributed by atoms with E-state index in [2.05, 4.69) is 0 Å². The van der Waals surface area contributed by atoms with Gasteiger partial charge in [0.2, 0.25) is 0 Å². The number of nitrogens with two attached hydrogens (primary N) is 1. The standard InChI is InChI=1S/C10H15NO3S.ClH/c1-7(12)10(11)8-3-5-9(6-4-8)15(2,13)14;/h3-7,10,12H,11H2,1-2H3;1H/t7-,10-;/m0./s1. The van der Waals surface area contributed by atoms with E-state index in [0.29, 0.717) is 0 Å². The van der Waals surface area contributed by atoms with E-state index in [4.69, 9.17) is 5.73 Å². The average Bonchev–Trinajstić information content (AvgIpc) is 2.15. The Bertz CT molecular complexity index is 428. The summed E-state index contributed by atoms with van der Waals surface area (Å²) < 4.78 is 22.3. The fraction of sp³-hybridized carbons (Fsp3) is 0.400. The van der Waals surface area contributed by atoms with Crippen molar-refractivity contribution >= 4 is 22.2 Å². The smallest absolute Gasteiger partial charge is 0.175 e. The third-order valence-corrected chi connectivity index (χ3v) is 3.34. The van der Waals surface area contributed by atoms with Crippen LogP contribution in [-0.2, 0) is 9.84 Å². The highest BCUT2D eigenvalue weighted by Gasteiger charge is 2.13. The molecule has 0 radical (unpaired) electrons. The molecule has 3 N–H and O–H groups in total.